The third kappa shape index (κ3) is 8.69. The third-order valence-electron chi connectivity index (χ3n) is 11.9. The number of aliphatic hydroxyl groups is 6. The number of ether oxygens (including phenoxy) is 4. The number of rotatable bonds is 10. The summed E-state index contributed by atoms with van der Waals surface area (Å²) in [6.07, 6.45) is -6.90. The molecule has 4 heterocycles. The maximum absolute atomic E-state index is 13.3. The minimum absolute atomic E-state index is 0.0386. The van der Waals surface area contributed by atoms with Gasteiger partial charge in [0.05, 0.1) is 5.69 Å². The minimum atomic E-state index is -3.67. The lowest BCUT2D eigenvalue weighted by atomic mass is 9.60. The molecule has 0 saturated carbocycles. The van der Waals surface area contributed by atoms with E-state index in [1.807, 2.05) is 6.92 Å². The van der Waals surface area contributed by atoms with Crippen molar-refractivity contribution in [2.45, 2.75) is 167 Å². The molecular weight excluding hydrogens is 782 g/mol. The summed E-state index contributed by atoms with van der Waals surface area (Å²) in [6.45, 7) is 11.5. The highest BCUT2D eigenvalue weighted by Gasteiger charge is 2.79. The summed E-state index contributed by atoms with van der Waals surface area (Å²) in [7, 11) is 0. The molecule has 0 radical (unpaired) electrons. The fourth-order valence-electron chi connectivity index (χ4n) is 8.23. The summed E-state index contributed by atoms with van der Waals surface area (Å²) < 4.78 is 22.5. The van der Waals surface area contributed by atoms with Gasteiger partial charge in [-0.1, -0.05) is 40.5 Å². The number of cyclic esters (lactones) is 1. The van der Waals surface area contributed by atoms with E-state index in [0.29, 0.717) is 33.1 Å². The number of aromatic nitrogens is 1. The fourth-order valence-corrected chi connectivity index (χ4v) is 8.91. The van der Waals surface area contributed by atoms with E-state index >= 15 is 0 Å². The van der Waals surface area contributed by atoms with Crippen molar-refractivity contribution in [3.8, 4) is 0 Å². The number of thiazole rings is 1. The monoisotopic (exact) mass is 839 g/mol. The van der Waals surface area contributed by atoms with Crippen LogP contribution in [0.5, 0.6) is 0 Å². The van der Waals surface area contributed by atoms with Crippen LogP contribution >= 0.6 is 11.3 Å². The van der Waals surface area contributed by atoms with Gasteiger partial charge < -0.3 is 49.6 Å². The minimum Gasteiger partial charge on any atom is -0.455 e. The number of hydrogen-bond acceptors (Lipinski definition) is 18. The van der Waals surface area contributed by atoms with Gasteiger partial charge >= 0.3 is 5.97 Å². The molecule has 0 spiro atoms. The molecule has 58 heavy (non-hydrogen) atoms. The summed E-state index contributed by atoms with van der Waals surface area (Å²) in [5.74, 6) is -7.99. The molecule has 324 valence electrons. The number of Topliss-reactive ketones (excluding diaryl/α,β-unsaturated/α-hetero) is 5. The van der Waals surface area contributed by atoms with E-state index in [1.54, 1.807) is 13.8 Å². The van der Waals surface area contributed by atoms with Crippen LogP contribution in [0.25, 0.3) is 6.08 Å². The zero-order valence-corrected chi connectivity index (χ0v) is 35.2. The number of epoxide rings is 1. The Balaban J connectivity index is 1.62. The van der Waals surface area contributed by atoms with Crippen molar-refractivity contribution in [1.82, 2.24) is 4.98 Å². The van der Waals surface area contributed by atoms with E-state index in [0.717, 1.165) is 31.6 Å². The number of ketones is 5. The quantitative estimate of drug-likeness (QED) is 0.143. The van der Waals surface area contributed by atoms with Crippen LogP contribution in [0.1, 0.15) is 112 Å². The van der Waals surface area contributed by atoms with Gasteiger partial charge in [-0.15, -0.1) is 11.3 Å². The third-order valence-corrected chi connectivity index (χ3v) is 12.7. The molecule has 0 aromatic carbocycles. The van der Waals surface area contributed by atoms with E-state index in [1.165, 1.54) is 18.4 Å². The Morgan fingerprint density at radius 2 is 1.60 bits per heavy atom. The van der Waals surface area contributed by atoms with Gasteiger partial charge in [-0.25, -0.2) is 4.98 Å². The zero-order chi connectivity index (χ0) is 43.9. The Morgan fingerprint density at radius 1 is 0.983 bits per heavy atom. The molecule has 3 aliphatic heterocycles. The highest BCUT2D eigenvalue weighted by atomic mass is 32.1. The fraction of sp³-hybridized carbons (Fsp3) is 0.725. The number of hydrogen-bond donors (Lipinski definition) is 6. The molecule has 1 aromatic rings. The topological polar surface area (TPSA) is 277 Å². The van der Waals surface area contributed by atoms with Crippen LogP contribution in [-0.2, 0) is 54.3 Å². The Morgan fingerprint density at radius 3 is 2.17 bits per heavy atom. The smallest absolute Gasteiger partial charge is 0.306 e. The molecular formula is C40H57NO16S. The maximum atomic E-state index is 13.3. The normalized spacial score (nSPS) is 38.3. The first-order valence-electron chi connectivity index (χ1n) is 19.3. The lowest BCUT2D eigenvalue weighted by molar-refractivity contribution is -0.374. The molecule has 4 rings (SSSR count). The van der Waals surface area contributed by atoms with E-state index in [4.69, 9.17) is 18.9 Å². The van der Waals surface area contributed by atoms with Crippen LogP contribution in [0, 0.1) is 17.3 Å². The molecule has 12 atom stereocenters. The number of carbonyl (C=O) groups excluding carboxylic acids is 6. The van der Waals surface area contributed by atoms with Gasteiger partial charge in [0.1, 0.15) is 35.7 Å². The molecule has 17 nitrogen and oxygen atoms in total. The van der Waals surface area contributed by atoms with Crippen molar-refractivity contribution in [3.05, 3.63) is 21.7 Å². The van der Waals surface area contributed by atoms with Gasteiger partial charge in [0, 0.05) is 23.1 Å². The second-order valence-corrected chi connectivity index (χ2v) is 17.8. The number of aliphatic hydroxyl groups excluding tert-OH is 2. The first-order chi connectivity index (χ1) is 26.7. The van der Waals surface area contributed by atoms with Gasteiger partial charge in [0.25, 0.3) is 0 Å². The van der Waals surface area contributed by atoms with Crippen molar-refractivity contribution in [2.24, 2.45) is 17.3 Å². The van der Waals surface area contributed by atoms with Gasteiger partial charge in [-0.05, 0) is 71.4 Å². The van der Waals surface area contributed by atoms with Gasteiger partial charge in [0.15, 0.2) is 47.2 Å². The summed E-state index contributed by atoms with van der Waals surface area (Å²) >= 11 is 0.979. The number of esters is 1. The van der Waals surface area contributed by atoms with E-state index in [-0.39, 0.29) is 46.7 Å². The summed E-state index contributed by atoms with van der Waals surface area (Å²) in [4.78, 5) is 82.1. The number of nitrogens with zero attached hydrogens (tertiary/aromatic N) is 1. The van der Waals surface area contributed by atoms with Crippen LogP contribution < -0.4 is 0 Å². The van der Waals surface area contributed by atoms with Crippen molar-refractivity contribution in [1.29, 1.82) is 0 Å². The molecule has 0 amide bonds. The van der Waals surface area contributed by atoms with Crippen molar-refractivity contribution < 1.29 is 78.4 Å². The van der Waals surface area contributed by atoms with Gasteiger partial charge in [-0.3, -0.25) is 28.8 Å². The SMILES string of the molecule is CC(=O)C(O)[C@H]1O[C@@H](OCc2nc(C=C(C)C3OC(=O)CCC(C)(C)C(=O)C(C)CC(C)CCCC4OC4(O)C3O)cs2)[C@@](O)(C(C)=O)[C@](O)(C(C)=O)[C@@]1(O)C(C)=O. The number of fused-ring (bicyclic) bond motifs is 1. The van der Waals surface area contributed by atoms with E-state index in [9.17, 15) is 59.4 Å². The molecule has 3 fully saturated rings. The lowest BCUT2D eigenvalue weighted by Gasteiger charge is -2.57. The first-order valence-corrected chi connectivity index (χ1v) is 20.2. The Kier molecular flexibility index (Phi) is 14.3. The summed E-state index contributed by atoms with van der Waals surface area (Å²) in [5, 5.41) is 70.0. The Hall–Kier alpha value is -3.17. The second-order valence-electron chi connectivity index (χ2n) is 16.9. The molecule has 3 saturated heterocycles. The molecule has 7 unspecified atom stereocenters. The van der Waals surface area contributed by atoms with Crippen LogP contribution in [0.2, 0.25) is 0 Å². The van der Waals surface area contributed by atoms with Crippen molar-refractivity contribution in [3.63, 3.8) is 0 Å². The predicted molar refractivity (Wildman–Crippen MR) is 203 cm³/mol. The van der Waals surface area contributed by atoms with Crippen LogP contribution in [0.3, 0.4) is 0 Å². The van der Waals surface area contributed by atoms with Crippen molar-refractivity contribution >= 4 is 52.3 Å². The molecule has 0 bridgehead atoms. The van der Waals surface area contributed by atoms with Crippen molar-refractivity contribution in [2.75, 3.05) is 0 Å². The highest BCUT2D eigenvalue weighted by Crippen LogP contribution is 2.48. The molecule has 3 aliphatic rings. The lowest BCUT2D eigenvalue weighted by Crippen LogP contribution is -2.87. The highest BCUT2D eigenvalue weighted by molar-refractivity contribution is 7.09. The summed E-state index contributed by atoms with van der Waals surface area (Å²) in [5.41, 5.74) is -11.0. The Labute approximate surface area is 340 Å². The van der Waals surface area contributed by atoms with E-state index < -0.39 is 101 Å². The van der Waals surface area contributed by atoms with Gasteiger partial charge in [0.2, 0.25) is 17.0 Å². The Bertz CT molecular complexity index is 1810. The van der Waals surface area contributed by atoms with Gasteiger partial charge in [-0.2, -0.15) is 0 Å². The van der Waals surface area contributed by atoms with Crippen LogP contribution in [0.15, 0.2) is 11.0 Å². The molecule has 18 heteroatoms. The first kappa shape index (κ1) is 47.5. The maximum Gasteiger partial charge on any atom is 0.306 e. The van der Waals surface area contributed by atoms with E-state index in [2.05, 4.69) is 11.9 Å². The number of carbonyl (C=O) groups is 6. The second kappa shape index (κ2) is 17.4. The molecule has 0 aliphatic carbocycles. The zero-order valence-electron chi connectivity index (χ0n) is 34.3. The van der Waals surface area contributed by atoms with Crippen LogP contribution in [0.4, 0.5) is 0 Å². The molecule has 6 N–H and O–H groups in total. The average Bonchev–Trinajstić information content (AvgIpc) is 3.59. The standard InChI is InChI=1S/C40H57NO16S/c1-19-11-10-12-27-39(52,57-27)33(49)31(55-29(46)13-14-36(8,9)32(48)21(3)15-19)20(2)16-26-18-58-28(41-26)17-54-35-38(51,24(6)44)40(53,25(7)45)37(50,23(5)43)34(56-35)30(47)22(4)42/h16,18-19,21,27,30-31,33-35,47,49-53H,10-15,17H2,1-9H3/t19?,21?,27?,30?,31?,33?,34-,35-,37-,38+,39?,40+/m1/s1. The largest absolute Gasteiger partial charge is 0.455 e. The molecule has 1 aromatic heterocycles. The predicted octanol–water partition coefficient (Wildman–Crippen LogP) is 1.28. The summed E-state index contributed by atoms with van der Waals surface area (Å²) in [6, 6.07) is 0. The van der Waals surface area contributed by atoms with Crippen LogP contribution in [-0.4, -0.2) is 130 Å². The average molecular weight is 840 g/mol.